The molecule has 2 unspecified atom stereocenters. The molecule has 1 aromatic carbocycles. The fourth-order valence-corrected chi connectivity index (χ4v) is 2.86. The molecule has 2 atom stereocenters. The summed E-state index contributed by atoms with van der Waals surface area (Å²) in [5.41, 5.74) is 2.15. The highest BCUT2D eigenvalue weighted by atomic mass is 35.5. The Hall–Kier alpha value is -1.56. The minimum atomic E-state index is -0.00195. The normalized spacial score (nSPS) is 18.0. The molecule has 0 saturated carbocycles. The van der Waals surface area contributed by atoms with Crippen LogP contribution in [-0.4, -0.2) is 28.5 Å². The van der Waals surface area contributed by atoms with Gasteiger partial charge in [-0.2, -0.15) is 0 Å². The smallest absolute Gasteiger partial charge is 0.224 e. The van der Waals surface area contributed by atoms with Crippen molar-refractivity contribution in [2.24, 2.45) is 5.92 Å². The number of amides is 1. The van der Waals surface area contributed by atoms with Crippen LogP contribution in [0.2, 0.25) is 0 Å². The summed E-state index contributed by atoms with van der Waals surface area (Å²) in [5.74, 6) is 0.237. The Morgan fingerprint density at radius 1 is 1.42 bits per heavy atom. The third-order valence-electron chi connectivity index (χ3n) is 4.20. The number of imidazole rings is 1. The molecule has 1 amide bonds. The van der Waals surface area contributed by atoms with Crippen molar-refractivity contribution in [1.29, 1.82) is 0 Å². The number of benzene rings is 1. The second-order valence-electron chi connectivity index (χ2n) is 5.84. The molecule has 132 valence electrons. The number of carbonyl (C=O) groups excluding carboxylic acids is 1. The summed E-state index contributed by atoms with van der Waals surface area (Å²) >= 11 is 0. The van der Waals surface area contributed by atoms with Gasteiger partial charge in [0.05, 0.1) is 18.3 Å². The number of carbonyl (C=O) groups is 1. The topological polar surface area (TPSA) is 59.0 Å². The van der Waals surface area contributed by atoms with Gasteiger partial charge in [0.1, 0.15) is 0 Å². The SMILES string of the molecule is CC(NC(=O)C1CCCNC1)c1cccc(-n2ccnc2)c1.Cl.Cl. The summed E-state index contributed by atoms with van der Waals surface area (Å²) in [4.78, 5) is 16.4. The van der Waals surface area contributed by atoms with Crippen LogP contribution in [0.4, 0.5) is 0 Å². The van der Waals surface area contributed by atoms with E-state index in [0.29, 0.717) is 0 Å². The maximum absolute atomic E-state index is 12.3. The van der Waals surface area contributed by atoms with E-state index >= 15 is 0 Å². The van der Waals surface area contributed by atoms with Crippen LogP contribution in [0.25, 0.3) is 5.69 Å². The highest BCUT2D eigenvalue weighted by Crippen LogP contribution is 2.18. The molecule has 2 N–H and O–H groups in total. The molecule has 2 heterocycles. The summed E-state index contributed by atoms with van der Waals surface area (Å²) in [6.45, 7) is 3.83. The molecule has 1 aromatic heterocycles. The summed E-state index contributed by atoms with van der Waals surface area (Å²) in [6.07, 6.45) is 7.49. The first-order valence-electron chi connectivity index (χ1n) is 7.83. The Balaban J connectivity index is 0.00000144. The molecule has 1 aliphatic rings. The van der Waals surface area contributed by atoms with E-state index in [1.165, 1.54) is 0 Å². The third-order valence-corrected chi connectivity index (χ3v) is 4.20. The second-order valence-corrected chi connectivity index (χ2v) is 5.84. The standard InChI is InChI=1S/C17H22N4O.2ClH/c1-13(20-17(22)15-5-3-7-18-11-15)14-4-2-6-16(10-14)21-9-8-19-12-21;;/h2,4,6,8-10,12-13,15,18H,3,5,7,11H2,1H3,(H,20,22);2*1H. The van der Waals surface area contributed by atoms with Gasteiger partial charge < -0.3 is 15.2 Å². The lowest BCUT2D eigenvalue weighted by Crippen LogP contribution is -2.41. The molecule has 5 nitrogen and oxygen atoms in total. The predicted octanol–water partition coefficient (Wildman–Crippen LogP) is 2.89. The predicted molar refractivity (Wildman–Crippen MR) is 100 cm³/mol. The van der Waals surface area contributed by atoms with Crippen molar-refractivity contribution in [3.8, 4) is 5.69 Å². The summed E-state index contributed by atoms with van der Waals surface area (Å²) in [5, 5.41) is 6.42. The van der Waals surface area contributed by atoms with Gasteiger partial charge in [0.2, 0.25) is 5.91 Å². The second kappa shape index (κ2) is 9.67. The Bertz CT molecular complexity index is 627. The highest BCUT2D eigenvalue weighted by molar-refractivity contribution is 5.85. The molecular formula is C17H24Cl2N4O. The zero-order valence-corrected chi connectivity index (χ0v) is 15.3. The Labute approximate surface area is 155 Å². The van der Waals surface area contributed by atoms with E-state index in [1.54, 1.807) is 12.5 Å². The fraction of sp³-hybridized carbons (Fsp3) is 0.412. The van der Waals surface area contributed by atoms with Gasteiger partial charge in [-0.15, -0.1) is 24.8 Å². The third kappa shape index (κ3) is 4.97. The molecule has 0 bridgehead atoms. The molecular weight excluding hydrogens is 347 g/mol. The van der Waals surface area contributed by atoms with E-state index in [0.717, 1.165) is 37.2 Å². The summed E-state index contributed by atoms with van der Waals surface area (Å²) < 4.78 is 1.96. The van der Waals surface area contributed by atoms with E-state index in [2.05, 4.69) is 21.7 Å². The number of nitrogens with zero attached hydrogens (tertiary/aromatic N) is 2. The molecule has 0 aliphatic carbocycles. The monoisotopic (exact) mass is 370 g/mol. The quantitative estimate of drug-likeness (QED) is 0.869. The van der Waals surface area contributed by atoms with Gasteiger partial charge in [-0.05, 0) is 44.0 Å². The Kier molecular flexibility index (Phi) is 8.25. The van der Waals surface area contributed by atoms with Gasteiger partial charge in [-0.1, -0.05) is 12.1 Å². The maximum atomic E-state index is 12.3. The molecule has 1 saturated heterocycles. The zero-order valence-electron chi connectivity index (χ0n) is 13.6. The fourth-order valence-electron chi connectivity index (χ4n) is 2.86. The van der Waals surface area contributed by atoms with Crippen LogP contribution in [-0.2, 0) is 4.79 Å². The number of piperidine rings is 1. The van der Waals surface area contributed by atoms with Crippen LogP contribution in [0.1, 0.15) is 31.4 Å². The highest BCUT2D eigenvalue weighted by Gasteiger charge is 2.22. The van der Waals surface area contributed by atoms with E-state index < -0.39 is 0 Å². The van der Waals surface area contributed by atoms with Crippen LogP contribution in [0.3, 0.4) is 0 Å². The van der Waals surface area contributed by atoms with Crippen molar-refractivity contribution in [3.63, 3.8) is 0 Å². The first kappa shape index (κ1) is 20.5. The molecule has 7 heteroatoms. The van der Waals surface area contributed by atoms with Gasteiger partial charge >= 0.3 is 0 Å². The molecule has 1 aliphatic heterocycles. The largest absolute Gasteiger partial charge is 0.349 e. The Morgan fingerprint density at radius 3 is 2.92 bits per heavy atom. The zero-order chi connectivity index (χ0) is 15.4. The molecule has 1 fully saturated rings. The molecule has 3 rings (SSSR count). The number of hydrogen-bond acceptors (Lipinski definition) is 3. The van der Waals surface area contributed by atoms with E-state index in [1.807, 2.05) is 35.9 Å². The Morgan fingerprint density at radius 2 is 2.25 bits per heavy atom. The first-order valence-corrected chi connectivity index (χ1v) is 7.83. The van der Waals surface area contributed by atoms with E-state index in [4.69, 9.17) is 0 Å². The number of nitrogens with one attached hydrogen (secondary N) is 2. The molecule has 24 heavy (non-hydrogen) atoms. The van der Waals surface area contributed by atoms with Crippen molar-refractivity contribution in [3.05, 3.63) is 48.5 Å². The van der Waals surface area contributed by atoms with Gasteiger partial charge in [0.15, 0.2) is 0 Å². The average molecular weight is 371 g/mol. The van der Waals surface area contributed by atoms with Crippen LogP contribution < -0.4 is 10.6 Å². The summed E-state index contributed by atoms with van der Waals surface area (Å²) in [7, 11) is 0. The lowest BCUT2D eigenvalue weighted by molar-refractivity contribution is -0.126. The lowest BCUT2D eigenvalue weighted by atomic mass is 9.98. The lowest BCUT2D eigenvalue weighted by Gasteiger charge is -2.24. The van der Waals surface area contributed by atoms with Crippen LogP contribution in [0, 0.1) is 5.92 Å². The van der Waals surface area contributed by atoms with E-state index in [-0.39, 0.29) is 42.7 Å². The van der Waals surface area contributed by atoms with Crippen LogP contribution >= 0.6 is 24.8 Å². The first-order chi connectivity index (χ1) is 10.7. The van der Waals surface area contributed by atoms with Gasteiger partial charge in [0, 0.05) is 24.6 Å². The number of aromatic nitrogens is 2. The van der Waals surface area contributed by atoms with Crippen molar-refractivity contribution < 1.29 is 4.79 Å². The molecule has 2 aromatic rings. The van der Waals surface area contributed by atoms with Crippen LogP contribution in [0.5, 0.6) is 0 Å². The van der Waals surface area contributed by atoms with E-state index in [9.17, 15) is 4.79 Å². The minimum absolute atomic E-state index is 0. The summed E-state index contributed by atoms with van der Waals surface area (Å²) in [6, 6.07) is 8.18. The van der Waals surface area contributed by atoms with Crippen molar-refractivity contribution in [2.75, 3.05) is 13.1 Å². The molecule has 0 spiro atoms. The van der Waals surface area contributed by atoms with Crippen molar-refractivity contribution in [1.82, 2.24) is 20.2 Å². The maximum Gasteiger partial charge on any atom is 0.224 e. The van der Waals surface area contributed by atoms with Crippen molar-refractivity contribution >= 4 is 30.7 Å². The van der Waals surface area contributed by atoms with Gasteiger partial charge in [-0.3, -0.25) is 4.79 Å². The number of hydrogen-bond donors (Lipinski definition) is 2. The number of rotatable bonds is 4. The average Bonchev–Trinajstić information content (AvgIpc) is 3.10. The molecule has 0 radical (unpaired) electrons. The minimum Gasteiger partial charge on any atom is -0.349 e. The number of halogens is 2. The van der Waals surface area contributed by atoms with Crippen molar-refractivity contribution in [2.45, 2.75) is 25.8 Å². The van der Waals surface area contributed by atoms with Gasteiger partial charge in [0.25, 0.3) is 0 Å². The van der Waals surface area contributed by atoms with Gasteiger partial charge in [-0.25, -0.2) is 4.98 Å². The van der Waals surface area contributed by atoms with Crippen LogP contribution in [0.15, 0.2) is 43.0 Å².